The molecule has 3 rings (SSSR count). The van der Waals surface area contributed by atoms with Gasteiger partial charge < -0.3 is 25.4 Å². The first-order valence-electron chi connectivity index (χ1n) is 10.9. The van der Waals surface area contributed by atoms with Crippen molar-refractivity contribution in [3.63, 3.8) is 0 Å². The minimum Gasteiger partial charge on any atom is -0.493 e. The van der Waals surface area contributed by atoms with Crippen LogP contribution < -0.4 is 25.4 Å². The summed E-state index contributed by atoms with van der Waals surface area (Å²) in [6.45, 7) is 0.163. The first-order valence-corrected chi connectivity index (χ1v) is 11.3. The summed E-state index contributed by atoms with van der Waals surface area (Å²) in [5, 5.41) is 8.85. The van der Waals surface area contributed by atoms with Crippen molar-refractivity contribution >= 4 is 40.7 Å². The van der Waals surface area contributed by atoms with E-state index in [4.69, 9.17) is 21.1 Å². The number of carbonyl (C=O) groups excluding carboxylic acids is 3. The Labute approximate surface area is 208 Å². The number of anilines is 2. The van der Waals surface area contributed by atoms with Gasteiger partial charge in [-0.25, -0.2) is 0 Å². The predicted molar refractivity (Wildman–Crippen MR) is 135 cm³/mol. The fourth-order valence-electron chi connectivity index (χ4n) is 3.13. The number of hydrogen-bond acceptors (Lipinski definition) is 5. The van der Waals surface area contributed by atoms with Crippen LogP contribution in [0.4, 0.5) is 11.4 Å². The van der Waals surface area contributed by atoms with Crippen LogP contribution >= 0.6 is 11.6 Å². The van der Waals surface area contributed by atoms with E-state index in [2.05, 4.69) is 16.0 Å². The van der Waals surface area contributed by atoms with Crippen LogP contribution in [-0.4, -0.2) is 38.0 Å². The number of carbonyl (C=O) groups is 3. The number of rotatable bonds is 11. The summed E-state index contributed by atoms with van der Waals surface area (Å²) in [6, 6.07) is 20.4. The van der Waals surface area contributed by atoms with Gasteiger partial charge in [0.1, 0.15) is 0 Å². The lowest BCUT2D eigenvalue weighted by molar-refractivity contribution is -0.118. The molecule has 0 unspecified atom stereocenters. The van der Waals surface area contributed by atoms with Crippen molar-refractivity contribution in [1.29, 1.82) is 0 Å². The summed E-state index contributed by atoms with van der Waals surface area (Å²) in [4.78, 5) is 36.6. The Morgan fingerprint density at radius 3 is 2.17 bits per heavy atom. The largest absolute Gasteiger partial charge is 0.493 e. The van der Waals surface area contributed by atoms with Crippen molar-refractivity contribution in [3.05, 3.63) is 83.4 Å². The highest BCUT2D eigenvalue weighted by Crippen LogP contribution is 2.25. The van der Waals surface area contributed by atoms with Crippen molar-refractivity contribution in [3.8, 4) is 11.5 Å². The number of methoxy groups -OCH3 is 1. The number of hydrogen-bond donors (Lipinski definition) is 3. The molecule has 3 aromatic rings. The highest BCUT2D eigenvalue weighted by atomic mass is 35.5. The van der Waals surface area contributed by atoms with E-state index in [0.29, 0.717) is 46.4 Å². The maximum Gasteiger partial charge on any atom is 0.262 e. The SMILES string of the molecule is COc1ccccc1OCC(=O)Nc1cccc(NC(=O)CCCNC(=O)c2ccc(Cl)cc2)c1. The second-order valence-corrected chi connectivity index (χ2v) is 7.92. The van der Waals surface area contributed by atoms with E-state index in [1.54, 1.807) is 66.7 Å². The van der Waals surface area contributed by atoms with Gasteiger partial charge >= 0.3 is 0 Å². The lowest BCUT2D eigenvalue weighted by Crippen LogP contribution is -2.25. The van der Waals surface area contributed by atoms with Gasteiger partial charge in [0.05, 0.1) is 7.11 Å². The first-order chi connectivity index (χ1) is 16.9. The highest BCUT2D eigenvalue weighted by molar-refractivity contribution is 6.30. The zero-order chi connectivity index (χ0) is 25.0. The Morgan fingerprint density at radius 2 is 1.49 bits per heavy atom. The van der Waals surface area contributed by atoms with E-state index in [-0.39, 0.29) is 30.7 Å². The Balaban J connectivity index is 1.40. The Morgan fingerprint density at radius 1 is 0.829 bits per heavy atom. The molecule has 0 saturated carbocycles. The fraction of sp³-hybridized carbons (Fsp3) is 0.192. The predicted octanol–water partition coefficient (Wildman–Crippen LogP) is 4.51. The average molecular weight is 496 g/mol. The molecule has 3 N–H and O–H groups in total. The summed E-state index contributed by atoms with van der Waals surface area (Å²) in [5.41, 5.74) is 1.57. The molecule has 35 heavy (non-hydrogen) atoms. The standard InChI is InChI=1S/C26H26ClN3O5/c1-34-22-8-2-3-9-23(22)35-17-25(32)30-21-7-4-6-20(16-21)29-24(31)10-5-15-28-26(33)18-11-13-19(27)14-12-18/h2-4,6-9,11-14,16H,5,10,15,17H2,1H3,(H,28,33)(H,29,31)(H,30,32). The van der Waals surface area contributed by atoms with Gasteiger partial charge in [-0.2, -0.15) is 0 Å². The molecule has 0 atom stereocenters. The molecule has 0 aliphatic heterocycles. The molecule has 3 amide bonds. The molecular weight excluding hydrogens is 470 g/mol. The van der Waals surface area contributed by atoms with Gasteiger partial charge in [0.2, 0.25) is 5.91 Å². The van der Waals surface area contributed by atoms with Crippen LogP contribution in [0, 0.1) is 0 Å². The quantitative estimate of drug-likeness (QED) is 0.339. The van der Waals surface area contributed by atoms with Crippen LogP contribution in [0.2, 0.25) is 5.02 Å². The van der Waals surface area contributed by atoms with Gasteiger partial charge in [-0.1, -0.05) is 29.8 Å². The smallest absolute Gasteiger partial charge is 0.262 e. The minimum absolute atomic E-state index is 0.196. The molecule has 0 aromatic heterocycles. The summed E-state index contributed by atoms with van der Waals surface area (Å²) < 4.78 is 10.7. The van der Waals surface area contributed by atoms with Crippen LogP contribution in [0.15, 0.2) is 72.8 Å². The van der Waals surface area contributed by atoms with E-state index in [9.17, 15) is 14.4 Å². The van der Waals surface area contributed by atoms with E-state index in [0.717, 1.165) is 0 Å². The lowest BCUT2D eigenvalue weighted by Gasteiger charge is -2.11. The van der Waals surface area contributed by atoms with Crippen LogP contribution in [0.1, 0.15) is 23.2 Å². The molecule has 8 nitrogen and oxygen atoms in total. The third-order valence-electron chi connectivity index (χ3n) is 4.83. The fourth-order valence-corrected chi connectivity index (χ4v) is 3.26. The van der Waals surface area contributed by atoms with Gasteiger partial charge in [0.15, 0.2) is 18.1 Å². The molecule has 0 aliphatic carbocycles. The molecule has 0 spiro atoms. The molecule has 182 valence electrons. The van der Waals surface area contributed by atoms with E-state index < -0.39 is 0 Å². The van der Waals surface area contributed by atoms with Crippen LogP contribution in [0.5, 0.6) is 11.5 Å². The maximum atomic E-state index is 12.3. The van der Waals surface area contributed by atoms with Crippen molar-refractivity contribution in [2.45, 2.75) is 12.8 Å². The molecule has 0 saturated heterocycles. The van der Waals surface area contributed by atoms with E-state index in [1.807, 2.05) is 6.07 Å². The first kappa shape index (κ1) is 25.6. The number of amides is 3. The summed E-state index contributed by atoms with van der Waals surface area (Å²) in [5.74, 6) is 0.231. The Hall–Kier alpha value is -4.04. The number of para-hydroxylation sites is 2. The molecule has 0 heterocycles. The monoisotopic (exact) mass is 495 g/mol. The number of halogens is 1. The Bertz CT molecular complexity index is 1170. The topological polar surface area (TPSA) is 106 Å². The summed E-state index contributed by atoms with van der Waals surface area (Å²) in [7, 11) is 1.53. The normalized spacial score (nSPS) is 10.2. The second-order valence-electron chi connectivity index (χ2n) is 7.48. The van der Waals surface area contributed by atoms with Crippen molar-refractivity contribution in [1.82, 2.24) is 5.32 Å². The molecule has 0 bridgehead atoms. The zero-order valence-electron chi connectivity index (χ0n) is 19.2. The van der Waals surface area contributed by atoms with Crippen LogP contribution in [0.25, 0.3) is 0 Å². The van der Waals surface area contributed by atoms with Crippen LogP contribution in [0.3, 0.4) is 0 Å². The summed E-state index contributed by atoms with van der Waals surface area (Å²) in [6.07, 6.45) is 0.701. The minimum atomic E-state index is -0.351. The lowest BCUT2D eigenvalue weighted by atomic mass is 10.2. The number of nitrogens with one attached hydrogen (secondary N) is 3. The van der Waals surface area contributed by atoms with Crippen molar-refractivity contribution in [2.24, 2.45) is 0 Å². The van der Waals surface area contributed by atoms with Gasteiger partial charge in [-0.3, -0.25) is 14.4 Å². The number of benzene rings is 3. The second kappa shape index (κ2) is 13.0. The van der Waals surface area contributed by atoms with Gasteiger partial charge in [-0.05, 0) is 61.0 Å². The number of ether oxygens (including phenoxy) is 2. The van der Waals surface area contributed by atoms with Gasteiger partial charge in [0, 0.05) is 34.9 Å². The van der Waals surface area contributed by atoms with E-state index >= 15 is 0 Å². The van der Waals surface area contributed by atoms with Crippen molar-refractivity contribution < 1.29 is 23.9 Å². The third-order valence-corrected chi connectivity index (χ3v) is 5.08. The molecule has 0 radical (unpaired) electrons. The van der Waals surface area contributed by atoms with Gasteiger partial charge in [0.25, 0.3) is 11.8 Å². The Kier molecular flexibility index (Phi) is 9.50. The molecule has 3 aromatic carbocycles. The molecule has 0 aliphatic rings. The van der Waals surface area contributed by atoms with Crippen molar-refractivity contribution in [2.75, 3.05) is 30.9 Å². The summed E-state index contributed by atoms with van der Waals surface area (Å²) >= 11 is 5.82. The average Bonchev–Trinajstić information content (AvgIpc) is 2.86. The molecule has 0 fully saturated rings. The molecule has 9 heteroatoms. The molecular formula is C26H26ClN3O5. The highest BCUT2D eigenvalue weighted by Gasteiger charge is 2.09. The maximum absolute atomic E-state index is 12.3. The van der Waals surface area contributed by atoms with Crippen LogP contribution in [-0.2, 0) is 9.59 Å². The van der Waals surface area contributed by atoms with Gasteiger partial charge in [-0.15, -0.1) is 0 Å². The zero-order valence-corrected chi connectivity index (χ0v) is 19.9. The van der Waals surface area contributed by atoms with E-state index in [1.165, 1.54) is 7.11 Å². The third kappa shape index (κ3) is 8.35.